The molecule has 0 heterocycles. The Morgan fingerprint density at radius 3 is 2.35 bits per heavy atom. The van der Waals surface area contributed by atoms with E-state index in [9.17, 15) is 4.79 Å². The average Bonchev–Trinajstić information content (AvgIpc) is 2.47. The predicted molar refractivity (Wildman–Crippen MR) is 80.4 cm³/mol. The van der Waals surface area contributed by atoms with Gasteiger partial charge in [0.25, 0.3) is 0 Å². The zero-order chi connectivity index (χ0) is 13.9. The maximum Gasteiger partial charge on any atom is 0.345 e. The van der Waals surface area contributed by atoms with Gasteiger partial charge in [0.1, 0.15) is 5.75 Å². The van der Waals surface area contributed by atoms with Crippen molar-refractivity contribution in [2.24, 2.45) is 0 Å². The van der Waals surface area contributed by atoms with Gasteiger partial charge in [0, 0.05) is 0 Å². The van der Waals surface area contributed by atoms with Crippen LogP contribution in [0, 0.1) is 0 Å². The van der Waals surface area contributed by atoms with E-state index in [1.807, 2.05) is 36.4 Å². The Bertz CT molecular complexity index is 781. The van der Waals surface area contributed by atoms with Crippen molar-refractivity contribution < 1.29 is 9.53 Å². The molecule has 0 atom stereocenters. The lowest BCUT2D eigenvalue weighted by molar-refractivity contribution is 0.0735. The summed E-state index contributed by atoms with van der Waals surface area (Å²) in [7, 11) is 0. The van der Waals surface area contributed by atoms with Crippen LogP contribution in [0.25, 0.3) is 10.8 Å². The zero-order valence-corrected chi connectivity index (χ0v) is 11.3. The van der Waals surface area contributed by atoms with E-state index in [1.165, 1.54) is 0 Å². The van der Waals surface area contributed by atoms with Crippen LogP contribution in [0.1, 0.15) is 10.4 Å². The molecule has 0 aliphatic rings. The van der Waals surface area contributed by atoms with E-state index >= 15 is 0 Å². The Morgan fingerprint density at radius 1 is 0.850 bits per heavy atom. The summed E-state index contributed by atoms with van der Waals surface area (Å²) in [5, 5.41) is 2.51. The average molecular weight is 283 g/mol. The van der Waals surface area contributed by atoms with Gasteiger partial charge in [-0.2, -0.15) is 0 Å². The molecule has 98 valence electrons. The third-order valence-electron chi connectivity index (χ3n) is 3.03. The summed E-state index contributed by atoms with van der Waals surface area (Å²) in [4.78, 5) is 12.1. The number of esters is 1. The van der Waals surface area contributed by atoms with E-state index in [-0.39, 0.29) is 0 Å². The van der Waals surface area contributed by atoms with Crippen molar-refractivity contribution in [2.45, 2.75) is 0 Å². The second kappa shape index (κ2) is 5.35. The van der Waals surface area contributed by atoms with Crippen LogP contribution in [0.2, 0.25) is 5.02 Å². The fourth-order valence-electron chi connectivity index (χ4n) is 2.02. The molecule has 0 aliphatic carbocycles. The number of hydrogen-bond donors (Lipinski definition) is 0. The normalized spacial score (nSPS) is 10.4. The summed E-state index contributed by atoms with van der Waals surface area (Å²) in [5.74, 6) is 0.0551. The summed E-state index contributed by atoms with van der Waals surface area (Å²) in [6.45, 7) is 0. The number of hydrogen-bond acceptors (Lipinski definition) is 2. The Labute approximate surface area is 121 Å². The summed E-state index contributed by atoms with van der Waals surface area (Å²) >= 11 is 5.98. The lowest BCUT2D eigenvalue weighted by Crippen LogP contribution is -2.08. The Morgan fingerprint density at radius 2 is 1.55 bits per heavy atom. The van der Waals surface area contributed by atoms with Crippen molar-refractivity contribution in [3.05, 3.63) is 77.3 Å². The van der Waals surface area contributed by atoms with Gasteiger partial charge >= 0.3 is 5.97 Å². The van der Waals surface area contributed by atoms with Gasteiger partial charge in [-0.15, -0.1) is 0 Å². The van der Waals surface area contributed by atoms with E-state index in [1.54, 1.807) is 30.3 Å². The molecule has 0 saturated carbocycles. The molecule has 2 nitrogen and oxygen atoms in total. The molecule has 0 radical (unpaired) electrons. The van der Waals surface area contributed by atoms with Crippen molar-refractivity contribution in [2.75, 3.05) is 0 Å². The molecule has 0 aromatic heterocycles. The molecule has 0 saturated heterocycles. The number of fused-ring (bicyclic) bond motifs is 1. The topological polar surface area (TPSA) is 26.3 Å². The van der Waals surface area contributed by atoms with Crippen LogP contribution in [-0.4, -0.2) is 5.97 Å². The van der Waals surface area contributed by atoms with Crippen molar-refractivity contribution >= 4 is 28.3 Å². The Hall–Kier alpha value is -2.32. The Balaban J connectivity index is 1.89. The summed E-state index contributed by atoms with van der Waals surface area (Å²) in [6.07, 6.45) is 0. The van der Waals surface area contributed by atoms with Gasteiger partial charge in [0.15, 0.2) is 0 Å². The smallest absolute Gasteiger partial charge is 0.345 e. The SMILES string of the molecule is O=C(Oc1ccc2ccccc2c1)c1ccccc1Cl. The summed E-state index contributed by atoms with van der Waals surface area (Å²) in [5.41, 5.74) is 0.363. The van der Waals surface area contributed by atoms with E-state index in [0.717, 1.165) is 10.8 Å². The first kappa shape index (κ1) is 12.7. The quantitative estimate of drug-likeness (QED) is 0.502. The second-order valence-electron chi connectivity index (χ2n) is 4.38. The van der Waals surface area contributed by atoms with Crippen molar-refractivity contribution in [3.8, 4) is 5.75 Å². The molecular formula is C17H11ClO2. The van der Waals surface area contributed by atoms with Crippen LogP contribution >= 0.6 is 11.6 Å². The predicted octanol–water partition coefficient (Wildman–Crippen LogP) is 4.71. The number of ether oxygens (including phenoxy) is 1. The highest BCUT2D eigenvalue weighted by Crippen LogP contribution is 2.23. The lowest BCUT2D eigenvalue weighted by atomic mass is 10.1. The van der Waals surface area contributed by atoms with E-state index in [0.29, 0.717) is 16.3 Å². The van der Waals surface area contributed by atoms with Gasteiger partial charge in [-0.3, -0.25) is 0 Å². The van der Waals surface area contributed by atoms with Gasteiger partial charge in [-0.25, -0.2) is 4.79 Å². The minimum absolute atomic E-state index is 0.363. The maximum absolute atomic E-state index is 12.1. The fraction of sp³-hybridized carbons (Fsp3) is 0. The minimum Gasteiger partial charge on any atom is -0.423 e. The minimum atomic E-state index is -0.453. The first-order valence-corrected chi connectivity index (χ1v) is 6.57. The second-order valence-corrected chi connectivity index (χ2v) is 4.79. The van der Waals surface area contributed by atoms with Crippen molar-refractivity contribution in [1.82, 2.24) is 0 Å². The van der Waals surface area contributed by atoms with Crippen LogP contribution < -0.4 is 4.74 Å². The standard InChI is InChI=1S/C17H11ClO2/c18-16-8-4-3-7-15(16)17(19)20-14-10-9-12-5-1-2-6-13(12)11-14/h1-11H. The van der Waals surface area contributed by atoms with Gasteiger partial charge in [-0.1, -0.05) is 54.1 Å². The molecule has 0 fully saturated rings. The van der Waals surface area contributed by atoms with Crippen LogP contribution in [0.15, 0.2) is 66.7 Å². The fourth-order valence-corrected chi connectivity index (χ4v) is 2.23. The van der Waals surface area contributed by atoms with Gasteiger partial charge in [-0.05, 0) is 35.0 Å². The first-order valence-electron chi connectivity index (χ1n) is 6.19. The van der Waals surface area contributed by atoms with Crippen molar-refractivity contribution in [1.29, 1.82) is 0 Å². The summed E-state index contributed by atoms with van der Waals surface area (Å²) in [6, 6.07) is 20.3. The van der Waals surface area contributed by atoms with Crippen LogP contribution in [0.5, 0.6) is 5.75 Å². The van der Waals surface area contributed by atoms with Gasteiger partial charge in [0.05, 0.1) is 10.6 Å². The molecule has 3 heteroatoms. The molecule has 3 rings (SSSR count). The van der Waals surface area contributed by atoms with Crippen molar-refractivity contribution in [3.63, 3.8) is 0 Å². The lowest BCUT2D eigenvalue weighted by Gasteiger charge is -2.06. The van der Waals surface area contributed by atoms with Crippen LogP contribution in [-0.2, 0) is 0 Å². The van der Waals surface area contributed by atoms with E-state index in [4.69, 9.17) is 16.3 Å². The van der Waals surface area contributed by atoms with Crippen LogP contribution in [0.3, 0.4) is 0 Å². The Kier molecular flexibility index (Phi) is 3.40. The van der Waals surface area contributed by atoms with E-state index < -0.39 is 5.97 Å². The number of carbonyl (C=O) groups excluding carboxylic acids is 1. The van der Waals surface area contributed by atoms with Crippen LogP contribution in [0.4, 0.5) is 0 Å². The largest absolute Gasteiger partial charge is 0.423 e. The van der Waals surface area contributed by atoms with Gasteiger partial charge < -0.3 is 4.74 Å². The highest BCUT2D eigenvalue weighted by molar-refractivity contribution is 6.33. The highest BCUT2D eigenvalue weighted by Gasteiger charge is 2.12. The number of halogens is 1. The molecule has 0 aliphatic heterocycles. The third-order valence-corrected chi connectivity index (χ3v) is 3.35. The molecule has 0 spiro atoms. The third kappa shape index (κ3) is 2.51. The number of rotatable bonds is 2. The zero-order valence-electron chi connectivity index (χ0n) is 10.5. The number of benzene rings is 3. The molecule has 3 aromatic carbocycles. The molecule has 0 amide bonds. The summed E-state index contributed by atoms with van der Waals surface area (Å²) < 4.78 is 5.37. The molecule has 20 heavy (non-hydrogen) atoms. The van der Waals surface area contributed by atoms with Gasteiger partial charge in [0.2, 0.25) is 0 Å². The monoisotopic (exact) mass is 282 g/mol. The highest BCUT2D eigenvalue weighted by atomic mass is 35.5. The number of carbonyl (C=O) groups is 1. The molecule has 3 aromatic rings. The molecule has 0 N–H and O–H groups in total. The first-order chi connectivity index (χ1) is 9.74. The maximum atomic E-state index is 12.1. The molecule has 0 unspecified atom stereocenters. The molecular weight excluding hydrogens is 272 g/mol. The van der Waals surface area contributed by atoms with E-state index in [2.05, 4.69) is 0 Å². The molecule has 0 bridgehead atoms.